The van der Waals surface area contributed by atoms with Gasteiger partial charge in [-0.25, -0.2) is 0 Å². The minimum atomic E-state index is 0.439. The van der Waals surface area contributed by atoms with Crippen LogP contribution in [0.5, 0.6) is 0 Å². The Morgan fingerprint density at radius 2 is 2.00 bits per heavy atom. The van der Waals surface area contributed by atoms with Crippen molar-refractivity contribution in [2.24, 2.45) is 11.1 Å². The molecule has 0 radical (unpaired) electrons. The first kappa shape index (κ1) is 10.4. The lowest BCUT2D eigenvalue weighted by atomic mass is 9.87. The van der Waals surface area contributed by atoms with Crippen molar-refractivity contribution in [2.45, 2.75) is 51.5 Å². The van der Waals surface area contributed by atoms with Gasteiger partial charge in [-0.15, -0.1) is 0 Å². The molecule has 1 atom stereocenters. The third-order valence-corrected chi connectivity index (χ3v) is 3.96. The van der Waals surface area contributed by atoms with Crippen LogP contribution in [-0.4, -0.2) is 30.6 Å². The van der Waals surface area contributed by atoms with Gasteiger partial charge in [-0.05, 0) is 37.6 Å². The summed E-state index contributed by atoms with van der Waals surface area (Å²) in [6, 6.07) is 0.439. The van der Waals surface area contributed by atoms with E-state index < -0.39 is 0 Å². The second kappa shape index (κ2) is 4.19. The van der Waals surface area contributed by atoms with Gasteiger partial charge in [-0.2, -0.15) is 0 Å². The molecule has 2 heteroatoms. The highest BCUT2D eigenvalue weighted by molar-refractivity contribution is 4.86. The number of nitrogens with zero attached hydrogens (tertiary/aromatic N) is 1. The van der Waals surface area contributed by atoms with Crippen LogP contribution < -0.4 is 5.73 Å². The molecule has 0 aromatic heterocycles. The minimum Gasteiger partial charge on any atom is -0.327 e. The molecule has 0 bridgehead atoms. The molecule has 2 N–H and O–H groups in total. The van der Waals surface area contributed by atoms with Gasteiger partial charge in [0.2, 0.25) is 0 Å². The molecule has 0 spiro atoms. The van der Waals surface area contributed by atoms with Crippen molar-refractivity contribution >= 4 is 0 Å². The summed E-state index contributed by atoms with van der Waals surface area (Å²) < 4.78 is 0. The summed E-state index contributed by atoms with van der Waals surface area (Å²) in [6.45, 7) is 6.17. The largest absolute Gasteiger partial charge is 0.327 e. The standard InChI is InChI=1S/C12H24N2/c1-12(6-2-3-7-12)10-14-8-4-5-11(13)9-14/h11H,2-10,13H2,1H3. The van der Waals surface area contributed by atoms with Crippen molar-refractivity contribution < 1.29 is 0 Å². The van der Waals surface area contributed by atoms with E-state index in [2.05, 4.69) is 11.8 Å². The Morgan fingerprint density at radius 3 is 2.64 bits per heavy atom. The molecule has 1 aliphatic carbocycles. The fourth-order valence-electron chi connectivity index (χ4n) is 3.16. The van der Waals surface area contributed by atoms with Crippen LogP contribution in [0.1, 0.15) is 45.4 Å². The first-order chi connectivity index (χ1) is 6.68. The number of hydrogen-bond donors (Lipinski definition) is 1. The lowest BCUT2D eigenvalue weighted by Crippen LogP contribution is -2.46. The zero-order valence-electron chi connectivity index (χ0n) is 9.47. The average Bonchev–Trinajstić information content (AvgIpc) is 2.51. The third kappa shape index (κ3) is 2.48. The molecule has 1 saturated heterocycles. The van der Waals surface area contributed by atoms with E-state index in [1.165, 1.54) is 51.6 Å². The van der Waals surface area contributed by atoms with Gasteiger partial charge in [0.15, 0.2) is 0 Å². The van der Waals surface area contributed by atoms with Crippen LogP contribution in [-0.2, 0) is 0 Å². The zero-order chi connectivity index (χ0) is 10.0. The Balaban J connectivity index is 1.83. The molecule has 14 heavy (non-hydrogen) atoms. The van der Waals surface area contributed by atoms with E-state index in [1.54, 1.807) is 0 Å². The topological polar surface area (TPSA) is 29.3 Å². The van der Waals surface area contributed by atoms with Crippen molar-refractivity contribution in [3.05, 3.63) is 0 Å². The Morgan fingerprint density at radius 1 is 1.29 bits per heavy atom. The van der Waals surface area contributed by atoms with E-state index in [0.717, 1.165) is 6.54 Å². The van der Waals surface area contributed by atoms with Gasteiger partial charge in [0.25, 0.3) is 0 Å². The van der Waals surface area contributed by atoms with Crippen LogP contribution in [0.3, 0.4) is 0 Å². The van der Waals surface area contributed by atoms with E-state index in [1.807, 2.05) is 0 Å². The zero-order valence-corrected chi connectivity index (χ0v) is 9.47. The summed E-state index contributed by atoms with van der Waals surface area (Å²) >= 11 is 0. The Kier molecular flexibility index (Phi) is 3.13. The maximum Gasteiger partial charge on any atom is 0.0168 e. The molecule has 0 amide bonds. The molecule has 1 unspecified atom stereocenters. The summed E-state index contributed by atoms with van der Waals surface area (Å²) in [5, 5.41) is 0. The van der Waals surface area contributed by atoms with Crippen molar-refractivity contribution in [2.75, 3.05) is 19.6 Å². The van der Waals surface area contributed by atoms with E-state index in [9.17, 15) is 0 Å². The summed E-state index contributed by atoms with van der Waals surface area (Å²) in [4.78, 5) is 2.60. The molecular weight excluding hydrogens is 172 g/mol. The Hall–Kier alpha value is -0.0800. The van der Waals surface area contributed by atoms with Gasteiger partial charge in [0.1, 0.15) is 0 Å². The van der Waals surface area contributed by atoms with Crippen LogP contribution in [0.2, 0.25) is 0 Å². The molecule has 1 saturated carbocycles. The van der Waals surface area contributed by atoms with Crippen LogP contribution in [0.25, 0.3) is 0 Å². The van der Waals surface area contributed by atoms with Crippen molar-refractivity contribution in [3.63, 3.8) is 0 Å². The SMILES string of the molecule is CC1(CN2CCCC(N)C2)CCCC1. The summed E-state index contributed by atoms with van der Waals surface area (Å²) in [5.74, 6) is 0. The number of piperidine rings is 1. The summed E-state index contributed by atoms with van der Waals surface area (Å²) in [6.07, 6.45) is 8.27. The maximum absolute atomic E-state index is 6.00. The van der Waals surface area contributed by atoms with Crippen LogP contribution in [0.4, 0.5) is 0 Å². The number of nitrogens with two attached hydrogens (primary N) is 1. The van der Waals surface area contributed by atoms with Gasteiger partial charge in [-0.3, -0.25) is 0 Å². The van der Waals surface area contributed by atoms with E-state index >= 15 is 0 Å². The maximum atomic E-state index is 6.00. The second-order valence-electron chi connectivity index (χ2n) is 5.66. The normalized spacial score (nSPS) is 33.4. The van der Waals surface area contributed by atoms with Gasteiger partial charge in [0, 0.05) is 19.1 Å². The van der Waals surface area contributed by atoms with Gasteiger partial charge in [-0.1, -0.05) is 19.8 Å². The molecule has 0 aromatic carbocycles. The van der Waals surface area contributed by atoms with Crippen molar-refractivity contribution in [3.8, 4) is 0 Å². The number of rotatable bonds is 2. The highest BCUT2D eigenvalue weighted by Crippen LogP contribution is 2.38. The summed E-state index contributed by atoms with van der Waals surface area (Å²) in [7, 11) is 0. The Labute approximate surface area is 87.8 Å². The highest BCUT2D eigenvalue weighted by atomic mass is 15.1. The van der Waals surface area contributed by atoms with E-state index in [-0.39, 0.29) is 0 Å². The molecule has 0 aromatic rings. The van der Waals surface area contributed by atoms with E-state index in [4.69, 9.17) is 5.73 Å². The molecule has 82 valence electrons. The summed E-state index contributed by atoms with van der Waals surface area (Å²) in [5.41, 5.74) is 6.61. The van der Waals surface area contributed by atoms with Crippen LogP contribution >= 0.6 is 0 Å². The van der Waals surface area contributed by atoms with Crippen molar-refractivity contribution in [1.29, 1.82) is 0 Å². The van der Waals surface area contributed by atoms with Gasteiger partial charge < -0.3 is 10.6 Å². The molecule has 2 nitrogen and oxygen atoms in total. The monoisotopic (exact) mass is 196 g/mol. The molecule has 1 heterocycles. The van der Waals surface area contributed by atoms with Gasteiger partial charge >= 0.3 is 0 Å². The average molecular weight is 196 g/mol. The minimum absolute atomic E-state index is 0.439. The van der Waals surface area contributed by atoms with Crippen LogP contribution in [0.15, 0.2) is 0 Å². The molecule has 2 aliphatic rings. The predicted molar refractivity (Wildman–Crippen MR) is 60.2 cm³/mol. The molecular formula is C12H24N2. The highest BCUT2D eigenvalue weighted by Gasteiger charge is 2.31. The first-order valence-corrected chi connectivity index (χ1v) is 6.16. The van der Waals surface area contributed by atoms with Crippen LogP contribution in [0, 0.1) is 5.41 Å². The van der Waals surface area contributed by atoms with Crippen molar-refractivity contribution in [1.82, 2.24) is 4.90 Å². The molecule has 2 fully saturated rings. The smallest absolute Gasteiger partial charge is 0.0168 e. The molecule has 1 aliphatic heterocycles. The fraction of sp³-hybridized carbons (Fsp3) is 1.00. The lowest BCUT2D eigenvalue weighted by Gasteiger charge is -2.36. The second-order valence-corrected chi connectivity index (χ2v) is 5.66. The Bertz CT molecular complexity index is 185. The quantitative estimate of drug-likeness (QED) is 0.732. The number of likely N-dealkylation sites (tertiary alicyclic amines) is 1. The number of hydrogen-bond acceptors (Lipinski definition) is 2. The predicted octanol–water partition coefficient (Wildman–Crippen LogP) is 1.99. The fourth-order valence-corrected chi connectivity index (χ4v) is 3.16. The third-order valence-electron chi connectivity index (χ3n) is 3.96. The first-order valence-electron chi connectivity index (χ1n) is 6.16. The van der Waals surface area contributed by atoms with Gasteiger partial charge in [0.05, 0.1) is 0 Å². The molecule has 2 rings (SSSR count). The lowest BCUT2D eigenvalue weighted by molar-refractivity contribution is 0.134. The van der Waals surface area contributed by atoms with E-state index in [0.29, 0.717) is 11.5 Å².